The number of amides is 2. The van der Waals surface area contributed by atoms with E-state index in [-0.39, 0.29) is 29.8 Å². The van der Waals surface area contributed by atoms with Gasteiger partial charge in [0.15, 0.2) is 0 Å². The number of rotatable bonds is 2. The standard InChI is InChI=1S/C11H21N3O2.ClH/c1-11(2,3)8(12)10(16)14-9(15)7-5-4-6-13-7;/h7-8,13H,4-6,12H2,1-3H3,(H,14,15,16);1H/t7-,8?;/m0./s1. The number of nitrogens with one attached hydrogen (secondary N) is 2. The monoisotopic (exact) mass is 263 g/mol. The van der Waals surface area contributed by atoms with E-state index in [1.54, 1.807) is 0 Å². The number of hydrogen-bond donors (Lipinski definition) is 3. The quantitative estimate of drug-likeness (QED) is 0.663. The number of halogens is 1. The molecule has 0 aromatic rings. The van der Waals surface area contributed by atoms with Crippen LogP contribution < -0.4 is 16.4 Å². The van der Waals surface area contributed by atoms with Crippen molar-refractivity contribution in [2.24, 2.45) is 11.1 Å². The summed E-state index contributed by atoms with van der Waals surface area (Å²) in [6.45, 7) is 6.44. The van der Waals surface area contributed by atoms with Gasteiger partial charge in [-0.2, -0.15) is 0 Å². The van der Waals surface area contributed by atoms with Gasteiger partial charge < -0.3 is 11.1 Å². The van der Waals surface area contributed by atoms with Gasteiger partial charge >= 0.3 is 0 Å². The van der Waals surface area contributed by atoms with Crippen molar-refractivity contribution in [1.29, 1.82) is 0 Å². The molecule has 2 amide bonds. The summed E-state index contributed by atoms with van der Waals surface area (Å²) >= 11 is 0. The van der Waals surface area contributed by atoms with Gasteiger partial charge in [0.2, 0.25) is 11.8 Å². The van der Waals surface area contributed by atoms with Gasteiger partial charge in [0.1, 0.15) is 0 Å². The molecule has 1 fully saturated rings. The van der Waals surface area contributed by atoms with Gasteiger partial charge in [0.05, 0.1) is 12.1 Å². The minimum absolute atomic E-state index is 0. The Hall–Kier alpha value is -0.650. The van der Waals surface area contributed by atoms with Crippen LogP contribution in [0.4, 0.5) is 0 Å². The fourth-order valence-electron chi connectivity index (χ4n) is 1.59. The van der Waals surface area contributed by atoms with E-state index in [2.05, 4.69) is 10.6 Å². The molecule has 0 aromatic carbocycles. The Labute approximate surface area is 108 Å². The first-order valence-electron chi connectivity index (χ1n) is 5.66. The Kier molecular flexibility index (Phi) is 6.09. The van der Waals surface area contributed by atoms with E-state index >= 15 is 0 Å². The largest absolute Gasteiger partial charge is 0.319 e. The molecule has 0 saturated carbocycles. The minimum Gasteiger partial charge on any atom is -0.319 e. The Bertz CT molecular complexity index is 283. The van der Waals surface area contributed by atoms with Gasteiger partial charge in [-0.05, 0) is 24.8 Å². The van der Waals surface area contributed by atoms with Gasteiger partial charge in [-0.25, -0.2) is 0 Å². The summed E-state index contributed by atoms with van der Waals surface area (Å²) in [5.74, 6) is -0.659. The number of hydrogen-bond acceptors (Lipinski definition) is 4. The second-order valence-electron chi connectivity index (χ2n) is 5.35. The molecule has 1 rings (SSSR count). The molecular formula is C11H22ClN3O2. The third-order valence-electron chi connectivity index (χ3n) is 2.84. The average Bonchev–Trinajstić information content (AvgIpc) is 2.67. The Morgan fingerprint density at radius 3 is 2.41 bits per heavy atom. The van der Waals surface area contributed by atoms with Crippen molar-refractivity contribution < 1.29 is 9.59 Å². The number of imide groups is 1. The van der Waals surface area contributed by atoms with Crippen LogP contribution in [0.2, 0.25) is 0 Å². The fourth-order valence-corrected chi connectivity index (χ4v) is 1.59. The summed E-state index contributed by atoms with van der Waals surface area (Å²) in [6.07, 6.45) is 1.75. The molecule has 0 aliphatic carbocycles. The first-order chi connectivity index (χ1) is 7.32. The molecule has 0 radical (unpaired) electrons. The van der Waals surface area contributed by atoms with Crippen molar-refractivity contribution in [2.75, 3.05) is 6.54 Å². The summed E-state index contributed by atoms with van der Waals surface area (Å²) in [6, 6.07) is -0.908. The van der Waals surface area contributed by atoms with Crippen LogP contribution in [0, 0.1) is 5.41 Å². The maximum absolute atomic E-state index is 11.7. The third kappa shape index (κ3) is 4.61. The first-order valence-corrected chi connectivity index (χ1v) is 5.66. The molecule has 1 aliphatic rings. The van der Waals surface area contributed by atoms with Crippen molar-refractivity contribution in [3.63, 3.8) is 0 Å². The lowest BCUT2D eigenvalue weighted by molar-refractivity contribution is -0.133. The van der Waals surface area contributed by atoms with Crippen molar-refractivity contribution in [3.8, 4) is 0 Å². The Balaban J connectivity index is 0.00000256. The van der Waals surface area contributed by atoms with Gasteiger partial charge in [-0.15, -0.1) is 12.4 Å². The third-order valence-corrected chi connectivity index (χ3v) is 2.84. The molecule has 1 heterocycles. The highest BCUT2D eigenvalue weighted by Crippen LogP contribution is 2.17. The van der Waals surface area contributed by atoms with Crippen LogP contribution in [0.3, 0.4) is 0 Å². The van der Waals surface area contributed by atoms with Gasteiger partial charge in [0, 0.05) is 0 Å². The molecule has 1 unspecified atom stereocenters. The van der Waals surface area contributed by atoms with Crippen LogP contribution in [0.1, 0.15) is 33.6 Å². The van der Waals surface area contributed by atoms with E-state index in [9.17, 15) is 9.59 Å². The topological polar surface area (TPSA) is 84.2 Å². The summed E-state index contributed by atoms with van der Waals surface area (Å²) in [7, 11) is 0. The van der Waals surface area contributed by atoms with E-state index in [0.29, 0.717) is 0 Å². The molecular weight excluding hydrogens is 242 g/mol. The summed E-state index contributed by atoms with van der Waals surface area (Å²) in [5.41, 5.74) is 5.42. The summed E-state index contributed by atoms with van der Waals surface area (Å²) < 4.78 is 0. The zero-order valence-corrected chi connectivity index (χ0v) is 11.4. The molecule has 2 atom stereocenters. The van der Waals surface area contributed by atoms with E-state index in [4.69, 9.17) is 5.73 Å². The van der Waals surface area contributed by atoms with Crippen molar-refractivity contribution >= 4 is 24.2 Å². The lowest BCUT2D eigenvalue weighted by Gasteiger charge is -2.25. The van der Waals surface area contributed by atoms with Crippen molar-refractivity contribution in [2.45, 2.75) is 45.7 Å². The molecule has 4 N–H and O–H groups in total. The highest BCUT2D eigenvalue weighted by atomic mass is 35.5. The number of carbonyl (C=O) groups is 2. The lowest BCUT2D eigenvalue weighted by atomic mass is 9.87. The predicted octanol–water partition coefficient (Wildman–Crippen LogP) is 0.176. The average molecular weight is 264 g/mol. The van der Waals surface area contributed by atoms with Crippen LogP contribution >= 0.6 is 12.4 Å². The van der Waals surface area contributed by atoms with Crippen LogP contribution in [0.15, 0.2) is 0 Å². The van der Waals surface area contributed by atoms with Gasteiger partial charge in [0.25, 0.3) is 0 Å². The number of carbonyl (C=O) groups excluding carboxylic acids is 2. The van der Waals surface area contributed by atoms with E-state index in [1.807, 2.05) is 20.8 Å². The maximum atomic E-state index is 11.7. The molecule has 0 aromatic heterocycles. The van der Waals surface area contributed by atoms with Gasteiger partial charge in [-0.3, -0.25) is 14.9 Å². The highest BCUT2D eigenvalue weighted by Gasteiger charge is 2.30. The second-order valence-corrected chi connectivity index (χ2v) is 5.35. The molecule has 100 valence electrons. The zero-order valence-electron chi connectivity index (χ0n) is 10.6. The van der Waals surface area contributed by atoms with E-state index in [1.165, 1.54) is 0 Å². The van der Waals surface area contributed by atoms with E-state index in [0.717, 1.165) is 19.4 Å². The van der Waals surface area contributed by atoms with Gasteiger partial charge in [-0.1, -0.05) is 20.8 Å². The maximum Gasteiger partial charge on any atom is 0.244 e. The van der Waals surface area contributed by atoms with E-state index < -0.39 is 11.9 Å². The second kappa shape index (κ2) is 6.33. The Morgan fingerprint density at radius 1 is 1.41 bits per heavy atom. The zero-order chi connectivity index (χ0) is 12.3. The van der Waals surface area contributed by atoms with Crippen LogP contribution in [-0.2, 0) is 9.59 Å². The number of nitrogens with two attached hydrogens (primary N) is 1. The molecule has 0 spiro atoms. The summed E-state index contributed by atoms with van der Waals surface area (Å²) in [4.78, 5) is 23.3. The predicted molar refractivity (Wildman–Crippen MR) is 68.9 cm³/mol. The van der Waals surface area contributed by atoms with Crippen molar-refractivity contribution in [3.05, 3.63) is 0 Å². The molecule has 17 heavy (non-hydrogen) atoms. The molecule has 1 saturated heterocycles. The molecule has 5 nitrogen and oxygen atoms in total. The molecule has 1 aliphatic heterocycles. The highest BCUT2D eigenvalue weighted by molar-refractivity contribution is 6.00. The minimum atomic E-state index is -0.669. The van der Waals surface area contributed by atoms with Crippen LogP contribution in [0.5, 0.6) is 0 Å². The first kappa shape index (κ1) is 16.4. The van der Waals surface area contributed by atoms with Crippen LogP contribution in [-0.4, -0.2) is 30.4 Å². The molecule has 6 heteroatoms. The molecule has 0 bridgehead atoms. The Morgan fingerprint density at radius 2 is 2.00 bits per heavy atom. The summed E-state index contributed by atoms with van der Waals surface area (Å²) in [5, 5.41) is 5.40. The normalized spacial score (nSPS) is 21.5. The van der Waals surface area contributed by atoms with Crippen LogP contribution in [0.25, 0.3) is 0 Å². The SMILES string of the molecule is CC(C)(C)C(N)C(=O)NC(=O)[C@@H]1CCCN1.Cl. The smallest absolute Gasteiger partial charge is 0.244 e. The fraction of sp³-hybridized carbons (Fsp3) is 0.818. The van der Waals surface area contributed by atoms with Crippen molar-refractivity contribution in [1.82, 2.24) is 10.6 Å². The lowest BCUT2D eigenvalue weighted by Crippen LogP contribution is -2.53.